The molecule has 1 aromatic rings. The lowest BCUT2D eigenvalue weighted by Gasteiger charge is -2.15. The maximum absolute atomic E-state index is 11.2. The van der Waals surface area contributed by atoms with Crippen LogP contribution in [0.4, 0.5) is 0 Å². The van der Waals surface area contributed by atoms with E-state index in [1.165, 1.54) is 5.56 Å². The number of methoxy groups -OCH3 is 1. The van der Waals surface area contributed by atoms with Gasteiger partial charge in [0.1, 0.15) is 0 Å². The predicted octanol–water partition coefficient (Wildman–Crippen LogP) is 0.440. The van der Waals surface area contributed by atoms with Crippen molar-refractivity contribution in [2.75, 3.05) is 20.2 Å². The Morgan fingerprint density at radius 1 is 1.42 bits per heavy atom. The zero-order valence-corrected chi connectivity index (χ0v) is 11.3. The number of hydrogen-bond donors (Lipinski definition) is 2. The summed E-state index contributed by atoms with van der Waals surface area (Å²) >= 11 is 0. The van der Waals surface area contributed by atoms with Crippen molar-refractivity contribution in [1.82, 2.24) is 10.3 Å². The Hall–Kier alpha value is -1.43. The second-order valence-corrected chi connectivity index (χ2v) is 4.94. The summed E-state index contributed by atoms with van der Waals surface area (Å²) in [4.78, 5) is 13.5. The van der Waals surface area contributed by atoms with Gasteiger partial charge in [0.25, 0.3) is 0 Å². The number of amides is 1. The molecule has 0 radical (unpaired) electrons. The summed E-state index contributed by atoms with van der Waals surface area (Å²) in [6, 6.07) is 8.10. The summed E-state index contributed by atoms with van der Waals surface area (Å²) in [6.45, 7) is 3.01. The van der Waals surface area contributed by atoms with Crippen molar-refractivity contribution < 1.29 is 9.53 Å². The molecule has 1 saturated heterocycles. The van der Waals surface area contributed by atoms with Gasteiger partial charge in [0.2, 0.25) is 5.91 Å². The summed E-state index contributed by atoms with van der Waals surface area (Å²) in [6.07, 6.45) is 1.80. The topological polar surface area (TPSA) is 67.6 Å². The summed E-state index contributed by atoms with van der Waals surface area (Å²) < 4.78 is 5.36. The molecule has 5 heteroatoms. The number of hydrogen-bond acceptors (Lipinski definition) is 4. The van der Waals surface area contributed by atoms with Gasteiger partial charge in [0.05, 0.1) is 12.5 Å². The Balaban J connectivity index is 1.87. The molecular weight excluding hydrogens is 242 g/mol. The molecule has 1 unspecified atom stereocenters. The first kappa shape index (κ1) is 14.0. The zero-order chi connectivity index (χ0) is 13.7. The number of rotatable bonds is 5. The van der Waals surface area contributed by atoms with Crippen molar-refractivity contribution in [3.8, 4) is 0 Å². The lowest BCUT2D eigenvalue weighted by molar-refractivity contribution is -0.120. The highest BCUT2D eigenvalue weighted by molar-refractivity contribution is 5.77. The molecule has 0 bridgehead atoms. The molecule has 1 aliphatic heterocycles. The average molecular weight is 263 g/mol. The fraction of sp³-hybridized carbons (Fsp3) is 0.500. The normalized spacial score (nSPS) is 19.6. The van der Waals surface area contributed by atoms with Gasteiger partial charge in [-0.2, -0.15) is 0 Å². The number of likely N-dealkylation sites (tertiary alicyclic amines) is 1. The minimum Gasteiger partial charge on any atom is -0.380 e. The number of benzene rings is 1. The van der Waals surface area contributed by atoms with Crippen molar-refractivity contribution in [3.63, 3.8) is 0 Å². The molecule has 1 aromatic carbocycles. The molecule has 0 aromatic heterocycles. The molecule has 104 valence electrons. The highest BCUT2D eigenvalue weighted by Crippen LogP contribution is 2.15. The van der Waals surface area contributed by atoms with E-state index in [-0.39, 0.29) is 5.91 Å². The maximum Gasteiger partial charge on any atom is 0.238 e. The highest BCUT2D eigenvalue weighted by atomic mass is 16.5. The van der Waals surface area contributed by atoms with E-state index in [0.717, 1.165) is 31.6 Å². The van der Waals surface area contributed by atoms with Crippen LogP contribution in [-0.4, -0.2) is 37.1 Å². The fourth-order valence-corrected chi connectivity index (χ4v) is 2.39. The van der Waals surface area contributed by atoms with E-state index in [9.17, 15) is 4.79 Å². The van der Waals surface area contributed by atoms with Crippen LogP contribution < -0.4 is 11.3 Å². The van der Waals surface area contributed by atoms with Crippen molar-refractivity contribution in [3.05, 3.63) is 35.4 Å². The second kappa shape index (κ2) is 6.65. The van der Waals surface area contributed by atoms with Gasteiger partial charge in [-0.15, -0.1) is 0 Å². The van der Waals surface area contributed by atoms with Gasteiger partial charge < -0.3 is 4.74 Å². The van der Waals surface area contributed by atoms with E-state index in [1.807, 2.05) is 12.1 Å². The van der Waals surface area contributed by atoms with Gasteiger partial charge in [-0.25, -0.2) is 5.84 Å². The number of carbonyl (C=O) groups excluding carboxylic acids is 1. The number of nitrogens with two attached hydrogens (primary N) is 1. The van der Waals surface area contributed by atoms with E-state index < -0.39 is 0 Å². The molecule has 1 aliphatic rings. The number of nitrogens with zero attached hydrogens (tertiary/aromatic N) is 1. The molecule has 5 nitrogen and oxygen atoms in total. The monoisotopic (exact) mass is 263 g/mol. The third-order valence-corrected chi connectivity index (χ3v) is 3.52. The van der Waals surface area contributed by atoms with E-state index >= 15 is 0 Å². The van der Waals surface area contributed by atoms with E-state index in [2.05, 4.69) is 22.5 Å². The standard InChI is InChI=1S/C14H21N3O2/c1-19-13-6-7-17(10-13)9-12-4-2-11(3-5-12)8-14(18)16-15/h2-5,13H,6-10,15H2,1H3,(H,16,18). The van der Waals surface area contributed by atoms with Gasteiger partial charge in [0.15, 0.2) is 0 Å². The van der Waals surface area contributed by atoms with Crippen LogP contribution in [0.15, 0.2) is 24.3 Å². The summed E-state index contributed by atoms with van der Waals surface area (Å²) in [7, 11) is 1.77. The summed E-state index contributed by atoms with van der Waals surface area (Å²) in [5.74, 6) is 4.90. The van der Waals surface area contributed by atoms with Gasteiger partial charge >= 0.3 is 0 Å². The fourth-order valence-electron chi connectivity index (χ4n) is 2.39. The molecule has 0 saturated carbocycles. The molecule has 1 amide bonds. The lowest BCUT2D eigenvalue weighted by Crippen LogP contribution is -2.31. The molecule has 19 heavy (non-hydrogen) atoms. The zero-order valence-electron chi connectivity index (χ0n) is 11.3. The van der Waals surface area contributed by atoms with Crippen LogP contribution in [0.5, 0.6) is 0 Å². The smallest absolute Gasteiger partial charge is 0.238 e. The van der Waals surface area contributed by atoms with Crippen LogP contribution in [0.1, 0.15) is 17.5 Å². The Bertz CT molecular complexity index is 419. The number of carbonyl (C=O) groups is 1. The van der Waals surface area contributed by atoms with E-state index in [4.69, 9.17) is 10.6 Å². The minimum absolute atomic E-state index is 0.171. The molecule has 1 heterocycles. The van der Waals surface area contributed by atoms with Crippen molar-refractivity contribution in [1.29, 1.82) is 0 Å². The Morgan fingerprint density at radius 3 is 2.68 bits per heavy atom. The first-order valence-corrected chi connectivity index (χ1v) is 6.53. The first-order chi connectivity index (χ1) is 9.21. The van der Waals surface area contributed by atoms with Crippen LogP contribution >= 0.6 is 0 Å². The van der Waals surface area contributed by atoms with Gasteiger partial charge in [-0.05, 0) is 17.5 Å². The van der Waals surface area contributed by atoms with Crippen molar-refractivity contribution >= 4 is 5.91 Å². The molecule has 0 aliphatic carbocycles. The third kappa shape index (κ3) is 4.02. The van der Waals surface area contributed by atoms with Crippen LogP contribution in [-0.2, 0) is 22.5 Å². The lowest BCUT2D eigenvalue weighted by atomic mass is 10.1. The molecule has 3 N–H and O–H groups in total. The third-order valence-electron chi connectivity index (χ3n) is 3.52. The largest absolute Gasteiger partial charge is 0.380 e. The SMILES string of the molecule is COC1CCN(Cc2ccc(CC(=O)NN)cc2)C1. The molecule has 2 rings (SSSR count). The van der Waals surface area contributed by atoms with Crippen LogP contribution in [0.2, 0.25) is 0 Å². The Morgan fingerprint density at radius 2 is 2.11 bits per heavy atom. The van der Waals surface area contributed by atoms with Gasteiger partial charge in [-0.3, -0.25) is 15.1 Å². The number of hydrazine groups is 1. The summed E-state index contributed by atoms with van der Waals surface area (Å²) in [5.41, 5.74) is 4.37. The van der Waals surface area contributed by atoms with Gasteiger partial charge in [0, 0.05) is 26.7 Å². The molecule has 1 atom stereocenters. The van der Waals surface area contributed by atoms with Crippen molar-refractivity contribution in [2.24, 2.45) is 5.84 Å². The quantitative estimate of drug-likeness (QED) is 0.459. The van der Waals surface area contributed by atoms with Gasteiger partial charge in [-0.1, -0.05) is 24.3 Å². The van der Waals surface area contributed by atoms with Crippen LogP contribution in [0, 0.1) is 0 Å². The second-order valence-electron chi connectivity index (χ2n) is 4.94. The van der Waals surface area contributed by atoms with Crippen LogP contribution in [0.25, 0.3) is 0 Å². The summed E-state index contributed by atoms with van der Waals surface area (Å²) in [5, 5.41) is 0. The molecule has 0 spiro atoms. The predicted molar refractivity (Wildman–Crippen MR) is 73.2 cm³/mol. The maximum atomic E-state index is 11.2. The highest BCUT2D eigenvalue weighted by Gasteiger charge is 2.21. The van der Waals surface area contributed by atoms with Crippen LogP contribution in [0.3, 0.4) is 0 Å². The Kier molecular flexibility index (Phi) is 4.90. The molecular formula is C14H21N3O2. The van der Waals surface area contributed by atoms with Crippen molar-refractivity contribution in [2.45, 2.75) is 25.5 Å². The number of nitrogens with one attached hydrogen (secondary N) is 1. The first-order valence-electron chi connectivity index (χ1n) is 6.53. The van der Waals surface area contributed by atoms with E-state index in [0.29, 0.717) is 12.5 Å². The Labute approximate surface area is 113 Å². The van der Waals surface area contributed by atoms with E-state index in [1.54, 1.807) is 7.11 Å². The minimum atomic E-state index is -0.171. The molecule has 1 fully saturated rings. The average Bonchev–Trinajstić information content (AvgIpc) is 2.88. The number of ether oxygens (including phenoxy) is 1.